The Balaban J connectivity index is 1.71. The van der Waals surface area contributed by atoms with Crippen molar-refractivity contribution in [2.45, 2.75) is 51.9 Å². The van der Waals surface area contributed by atoms with Crippen molar-refractivity contribution in [3.8, 4) is 0 Å². The second-order valence-corrected chi connectivity index (χ2v) is 6.18. The number of ether oxygens (including phenoxy) is 1. The van der Waals surface area contributed by atoms with E-state index >= 15 is 0 Å². The summed E-state index contributed by atoms with van der Waals surface area (Å²) in [7, 11) is 0. The molecule has 0 aromatic carbocycles. The highest BCUT2D eigenvalue weighted by Gasteiger charge is 2.40. The molecule has 0 bridgehead atoms. The number of hydrogen-bond donors (Lipinski definition) is 2. The van der Waals surface area contributed by atoms with E-state index in [9.17, 15) is 14.7 Å². The normalized spacial score (nSPS) is 16.7. The number of carbonyl (C=O) groups excluding carboxylic acids is 1. The molecule has 1 saturated heterocycles. The predicted molar refractivity (Wildman–Crippen MR) is 84.4 cm³/mol. The van der Waals surface area contributed by atoms with Crippen molar-refractivity contribution in [3.63, 3.8) is 0 Å². The second-order valence-electron chi connectivity index (χ2n) is 6.18. The molecule has 2 N–H and O–H groups in total. The molecule has 0 spiro atoms. The minimum atomic E-state index is -0.907. The Morgan fingerprint density at radius 1 is 1.29 bits per heavy atom. The van der Waals surface area contributed by atoms with Crippen LogP contribution in [0.3, 0.4) is 0 Å². The maximum Gasteiger partial charge on any atom is 0.311 e. The number of nitrogens with one attached hydrogen (secondary N) is 1. The molecule has 8 nitrogen and oxygen atoms in total. The van der Waals surface area contributed by atoms with Gasteiger partial charge < -0.3 is 19.7 Å². The van der Waals surface area contributed by atoms with Gasteiger partial charge in [0, 0.05) is 39.0 Å². The zero-order chi connectivity index (χ0) is 17.4. The number of carboxylic acid groups (broad SMARTS) is 1. The summed E-state index contributed by atoms with van der Waals surface area (Å²) < 4.78 is 10.3. The minimum Gasteiger partial charge on any atom is -0.481 e. The zero-order valence-corrected chi connectivity index (χ0v) is 14.0. The van der Waals surface area contributed by atoms with Crippen LogP contribution in [-0.2, 0) is 27.2 Å². The molecule has 0 radical (unpaired) electrons. The molecule has 2 heterocycles. The smallest absolute Gasteiger partial charge is 0.311 e. The van der Waals surface area contributed by atoms with Crippen LogP contribution < -0.4 is 5.32 Å². The Labute approximate surface area is 141 Å². The van der Waals surface area contributed by atoms with Crippen molar-refractivity contribution in [3.05, 3.63) is 11.7 Å². The van der Waals surface area contributed by atoms with Gasteiger partial charge in [-0.2, -0.15) is 4.98 Å². The van der Waals surface area contributed by atoms with Crippen molar-refractivity contribution in [2.24, 2.45) is 5.41 Å². The third-order valence-corrected chi connectivity index (χ3v) is 4.31. The number of rotatable bonds is 9. The molecule has 1 fully saturated rings. The standard InChI is InChI=1S/C16H25N3O5/c1-2-4-12-18-14(24-19-12)6-3-5-13(20)17-11-16(15(21)22)7-9-23-10-8-16/h2-11H2,1H3,(H,17,20)(H,21,22). The summed E-state index contributed by atoms with van der Waals surface area (Å²) in [5, 5.41) is 16.0. The summed E-state index contributed by atoms with van der Waals surface area (Å²) in [5.41, 5.74) is -0.907. The molecule has 1 aromatic rings. The fraction of sp³-hybridized carbons (Fsp3) is 0.750. The first-order chi connectivity index (χ1) is 11.6. The molecule has 1 aliphatic heterocycles. The van der Waals surface area contributed by atoms with Gasteiger partial charge in [0.15, 0.2) is 5.82 Å². The molecule has 0 atom stereocenters. The molecule has 1 aliphatic rings. The van der Waals surface area contributed by atoms with Gasteiger partial charge >= 0.3 is 5.97 Å². The number of aromatic nitrogens is 2. The third-order valence-electron chi connectivity index (χ3n) is 4.31. The number of carbonyl (C=O) groups is 2. The van der Waals surface area contributed by atoms with Crippen molar-refractivity contribution >= 4 is 11.9 Å². The van der Waals surface area contributed by atoms with E-state index in [0.29, 0.717) is 57.0 Å². The first-order valence-electron chi connectivity index (χ1n) is 8.45. The molecule has 0 saturated carbocycles. The summed E-state index contributed by atoms with van der Waals surface area (Å²) in [6.45, 7) is 3.02. The summed E-state index contributed by atoms with van der Waals surface area (Å²) in [6.07, 6.45) is 4.01. The monoisotopic (exact) mass is 339 g/mol. The highest BCUT2D eigenvalue weighted by atomic mass is 16.5. The van der Waals surface area contributed by atoms with E-state index in [2.05, 4.69) is 15.5 Å². The lowest BCUT2D eigenvalue weighted by atomic mass is 9.80. The van der Waals surface area contributed by atoms with Gasteiger partial charge in [0.25, 0.3) is 0 Å². The summed E-state index contributed by atoms with van der Waals surface area (Å²) in [4.78, 5) is 27.7. The van der Waals surface area contributed by atoms with Gasteiger partial charge in [-0.15, -0.1) is 0 Å². The summed E-state index contributed by atoms with van der Waals surface area (Å²) in [6, 6.07) is 0. The van der Waals surface area contributed by atoms with Crippen LogP contribution in [0, 0.1) is 5.41 Å². The number of aryl methyl sites for hydroxylation is 2. The van der Waals surface area contributed by atoms with Crippen molar-refractivity contribution in [1.29, 1.82) is 0 Å². The van der Waals surface area contributed by atoms with Crippen molar-refractivity contribution in [1.82, 2.24) is 15.5 Å². The number of aliphatic carboxylic acids is 1. The van der Waals surface area contributed by atoms with E-state index in [1.807, 2.05) is 6.92 Å². The quantitative estimate of drug-likeness (QED) is 0.697. The van der Waals surface area contributed by atoms with E-state index < -0.39 is 11.4 Å². The van der Waals surface area contributed by atoms with Gasteiger partial charge in [0.1, 0.15) is 0 Å². The van der Waals surface area contributed by atoms with Gasteiger partial charge in [-0.25, -0.2) is 0 Å². The average molecular weight is 339 g/mol. The summed E-state index contributed by atoms with van der Waals surface area (Å²) >= 11 is 0. The molecule has 8 heteroatoms. The average Bonchev–Trinajstić information content (AvgIpc) is 3.01. The molecule has 0 unspecified atom stereocenters. The van der Waals surface area contributed by atoms with Crippen LogP contribution in [0.5, 0.6) is 0 Å². The van der Waals surface area contributed by atoms with E-state index in [4.69, 9.17) is 9.26 Å². The molecular weight excluding hydrogens is 314 g/mol. The van der Waals surface area contributed by atoms with E-state index in [-0.39, 0.29) is 12.5 Å². The predicted octanol–water partition coefficient (Wildman–Crippen LogP) is 1.34. The molecule has 134 valence electrons. The van der Waals surface area contributed by atoms with E-state index in [1.165, 1.54) is 0 Å². The Morgan fingerprint density at radius 3 is 2.71 bits per heavy atom. The lowest BCUT2D eigenvalue weighted by molar-refractivity contribution is -0.154. The topological polar surface area (TPSA) is 115 Å². The molecule has 24 heavy (non-hydrogen) atoms. The van der Waals surface area contributed by atoms with Crippen molar-refractivity contribution < 1.29 is 24.0 Å². The van der Waals surface area contributed by atoms with Crippen LogP contribution in [-0.4, -0.2) is 46.9 Å². The van der Waals surface area contributed by atoms with Gasteiger partial charge in [-0.1, -0.05) is 12.1 Å². The molecule has 1 amide bonds. The van der Waals surface area contributed by atoms with Crippen molar-refractivity contribution in [2.75, 3.05) is 19.8 Å². The fourth-order valence-electron chi connectivity index (χ4n) is 2.70. The van der Waals surface area contributed by atoms with Crippen LogP contribution in [0.15, 0.2) is 4.52 Å². The first kappa shape index (κ1) is 18.4. The minimum absolute atomic E-state index is 0.145. The Hall–Kier alpha value is -1.96. The Kier molecular flexibility index (Phi) is 6.72. The maximum atomic E-state index is 11.9. The van der Waals surface area contributed by atoms with Crippen LogP contribution >= 0.6 is 0 Å². The lowest BCUT2D eigenvalue weighted by Crippen LogP contribution is -2.46. The highest BCUT2D eigenvalue weighted by Crippen LogP contribution is 2.30. The van der Waals surface area contributed by atoms with Gasteiger partial charge in [0.05, 0.1) is 5.41 Å². The lowest BCUT2D eigenvalue weighted by Gasteiger charge is -2.33. The van der Waals surface area contributed by atoms with Gasteiger partial charge in [0.2, 0.25) is 11.8 Å². The van der Waals surface area contributed by atoms with Gasteiger partial charge in [-0.05, 0) is 25.7 Å². The zero-order valence-electron chi connectivity index (χ0n) is 14.0. The highest BCUT2D eigenvalue weighted by molar-refractivity contribution is 5.79. The number of carboxylic acids is 1. The Bertz CT molecular complexity index is 552. The largest absolute Gasteiger partial charge is 0.481 e. The van der Waals surface area contributed by atoms with E-state index in [0.717, 1.165) is 12.8 Å². The summed E-state index contributed by atoms with van der Waals surface area (Å²) in [5.74, 6) is 0.202. The van der Waals surface area contributed by atoms with Crippen LogP contribution in [0.25, 0.3) is 0 Å². The van der Waals surface area contributed by atoms with Crippen LogP contribution in [0.1, 0.15) is 50.7 Å². The maximum absolute atomic E-state index is 11.9. The number of nitrogens with zero attached hydrogens (tertiary/aromatic N) is 2. The molecule has 0 aliphatic carbocycles. The van der Waals surface area contributed by atoms with Gasteiger partial charge in [-0.3, -0.25) is 9.59 Å². The van der Waals surface area contributed by atoms with Crippen LogP contribution in [0.2, 0.25) is 0 Å². The number of hydrogen-bond acceptors (Lipinski definition) is 6. The van der Waals surface area contributed by atoms with E-state index in [1.54, 1.807) is 0 Å². The SMILES string of the molecule is CCCc1noc(CCCC(=O)NCC2(C(=O)O)CCOCC2)n1. The fourth-order valence-corrected chi connectivity index (χ4v) is 2.70. The second kappa shape index (κ2) is 8.77. The molecule has 1 aromatic heterocycles. The number of amides is 1. The molecular formula is C16H25N3O5. The Morgan fingerprint density at radius 2 is 2.04 bits per heavy atom. The van der Waals surface area contributed by atoms with Crippen LogP contribution in [0.4, 0.5) is 0 Å². The molecule has 2 rings (SSSR count). The third kappa shape index (κ3) is 5.02. The first-order valence-corrected chi connectivity index (χ1v) is 8.45.